The molecular formula is C13H22N2O3. The van der Waals surface area contributed by atoms with E-state index in [4.69, 9.17) is 4.74 Å². The van der Waals surface area contributed by atoms with Crippen molar-refractivity contribution in [1.82, 2.24) is 9.80 Å². The molecule has 2 rings (SSSR count). The minimum absolute atomic E-state index is 0.0669. The lowest BCUT2D eigenvalue weighted by atomic mass is 9.68. The molecule has 0 radical (unpaired) electrons. The van der Waals surface area contributed by atoms with Crippen molar-refractivity contribution in [3.05, 3.63) is 0 Å². The fourth-order valence-electron chi connectivity index (χ4n) is 2.90. The van der Waals surface area contributed by atoms with Crippen LogP contribution in [0.2, 0.25) is 0 Å². The van der Waals surface area contributed by atoms with Gasteiger partial charge >= 0.3 is 5.97 Å². The molecule has 1 saturated carbocycles. The molecule has 5 heteroatoms. The zero-order chi connectivity index (χ0) is 13.2. The zero-order valence-electron chi connectivity index (χ0n) is 11.3. The third-order valence-corrected chi connectivity index (χ3v) is 4.27. The van der Waals surface area contributed by atoms with E-state index in [1.165, 1.54) is 7.11 Å². The van der Waals surface area contributed by atoms with Crippen LogP contribution in [0.25, 0.3) is 0 Å². The average molecular weight is 254 g/mol. The molecule has 0 bridgehead atoms. The van der Waals surface area contributed by atoms with Crippen molar-refractivity contribution in [2.24, 2.45) is 5.41 Å². The Labute approximate surface area is 108 Å². The molecule has 5 nitrogen and oxygen atoms in total. The van der Waals surface area contributed by atoms with Crippen molar-refractivity contribution in [3.63, 3.8) is 0 Å². The van der Waals surface area contributed by atoms with Crippen molar-refractivity contribution >= 4 is 11.9 Å². The first kappa shape index (κ1) is 13.3. The van der Waals surface area contributed by atoms with E-state index in [1.807, 2.05) is 4.90 Å². The molecule has 0 atom stereocenters. The maximum atomic E-state index is 11.8. The standard InChI is InChI=1S/C13H22N2O3/c1-11(16)15-8-6-14(7-9-15)10-13(4-3-5-13)12(17)18-2/h3-10H2,1-2H3. The third-order valence-electron chi connectivity index (χ3n) is 4.27. The SMILES string of the molecule is COC(=O)C1(CN2CCN(C(C)=O)CC2)CCC1. The number of ether oxygens (including phenoxy) is 1. The molecule has 102 valence electrons. The monoisotopic (exact) mass is 254 g/mol. The van der Waals surface area contributed by atoms with Crippen LogP contribution in [-0.4, -0.2) is 61.5 Å². The maximum Gasteiger partial charge on any atom is 0.313 e. The highest BCUT2D eigenvalue weighted by atomic mass is 16.5. The number of hydrogen-bond donors (Lipinski definition) is 0. The van der Waals surface area contributed by atoms with Gasteiger partial charge in [0, 0.05) is 39.6 Å². The minimum atomic E-state index is -0.271. The van der Waals surface area contributed by atoms with E-state index in [9.17, 15) is 9.59 Å². The quantitative estimate of drug-likeness (QED) is 0.688. The number of amides is 1. The fourth-order valence-corrected chi connectivity index (χ4v) is 2.90. The van der Waals surface area contributed by atoms with E-state index in [1.54, 1.807) is 6.92 Å². The van der Waals surface area contributed by atoms with Crippen LogP contribution in [-0.2, 0) is 14.3 Å². The number of hydrogen-bond acceptors (Lipinski definition) is 4. The van der Waals surface area contributed by atoms with Gasteiger partial charge in [-0.05, 0) is 12.8 Å². The summed E-state index contributed by atoms with van der Waals surface area (Å²) in [6.45, 7) is 5.65. The fraction of sp³-hybridized carbons (Fsp3) is 0.846. The van der Waals surface area contributed by atoms with Crippen LogP contribution in [0.1, 0.15) is 26.2 Å². The van der Waals surface area contributed by atoms with Gasteiger partial charge in [0.1, 0.15) is 0 Å². The normalized spacial score (nSPS) is 23.3. The molecule has 1 aliphatic heterocycles. The lowest BCUT2D eigenvalue weighted by molar-refractivity contribution is -0.161. The lowest BCUT2D eigenvalue weighted by Gasteiger charge is -2.44. The molecule has 0 spiro atoms. The number of nitrogens with zero attached hydrogens (tertiary/aromatic N) is 2. The van der Waals surface area contributed by atoms with Gasteiger partial charge in [-0.15, -0.1) is 0 Å². The van der Waals surface area contributed by atoms with Gasteiger partial charge in [0.25, 0.3) is 0 Å². The molecule has 0 aromatic heterocycles. The smallest absolute Gasteiger partial charge is 0.313 e. The Kier molecular flexibility index (Phi) is 3.90. The van der Waals surface area contributed by atoms with Gasteiger partial charge in [0.2, 0.25) is 5.91 Å². The van der Waals surface area contributed by atoms with Crippen molar-refractivity contribution < 1.29 is 14.3 Å². The Morgan fingerprint density at radius 1 is 1.17 bits per heavy atom. The van der Waals surface area contributed by atoms with Crippen molar-refractivity contribution in [2.45, 2.75) is 26.2 Å². The maximum absolute atomic E-state index is 11.8. The summed E-state index contributed by atoms with van der Waals surface area (Å²) in [4.78, 5) is 27.2. The van der Waals surface area contributed by atoms with Crippen LogP contribution in [0.15, 0.2) is 0 Å². The molecule has 1 aliphatic carbocycles. The van der Waals surface area contributed by atoms with E-state index >= 15 is 0 Å². The predicted octanol–water partition coefficient (Wildman–Crippen LogP) is 0.494. The summed E-state index contributed by atoms with van der Waals surface area (Å²) in [6, 6.07) is 0. The number of carbonyl (C=O) groups is 2. The first-order valence-electron chi connectivity index (χ1n) is 6.64. The summed E-state index contributed by atoms with van der Waals surface area (Å²) in [7, 11) is 1.47. The zero-order valence-corrected chi connectivity index (χ0v) is 11.3. The van der Waals surface area contributed by atoms with E-state index < -0.39 is 0 Å². The molecule has 18 heavy (non-hydrogen) atoms. The van der Waals surface area contributed by atoms with Crippen LogP contribution < -0.4 is 0 Å². The van der Waals surface area contributed by atoms with Crippen LogP contribution in [0.5, 0.6) is 0 Å². The Morgan fingerprint density at radius 3 is 2.17 bits per heavy atom. The average Bonchev–Trinajstić information content (AvgIpc) is 2.33. The number of carbonyl (C=O) groups excluding carboxylic acids is 2. The second-order valence-electron chi connectivity index (χ2n) is 5.41. The number of methoxy groups -OCH3 is 1. The molecule has 1 amide bonds. The summed E-state index contributed by atoms with van der Waals surface area (Å²) < 4.78 is 4.93. The highest BCUT2D eigenvalue weighted by Gasteiger charge is 2.46. The van der Waals surface area contributed by atoms with Gasteiger partial charge in [0.05, 0.1) is 12.5 Å². The summed E-state index contributed by atoms with van der Waals surface area (Å²) in [5.74, 6) is 0.0729. The molecular weight excluding hydrogens is 232 g/mol. The molecule has 0 aromatic carbocycles. The van der Waals surface area contributed by atoms with Crippen LogP contribution in [0.4, 0.5) is 0 Å². The topological polar surface area (TPSA) is 49.9 Å². The Bertz CT molecular complexity index is 331. The second kappa shape index (κ2) is 5.26. The Balaban J connectivity index is 1.87. The van der Waals surface area contributed by atoms with Crippen molar-refractivity contribution in [2.75, 3.05) is 39.8 Å². The molecule has 0 unspecified atom stereocenters. The minimum Gasteiger partial charge on any atom is -0.469 e. The predicted molar refractivity (Wildman–Crippen MR) is 67.0 cm³/mol. The van der Waals surface area contributed by atoms with Gasteiger partial charge in [-0.3, -0.25) is 14.5 Å². The first-order chi connectivity index (χ1) is 8.57. The van der Waals surface area contributed by atoms with Crippen molar-refractivity contribution in [1.29, 1.82) is 0 Å². The second-order valence-corrected chi connectivity index (χ2v) is 5.41. The van der Waals surface area contributed by atoms with Gasteiger partial charge in [-0.1, -0.05) is 6.42 Å². The summed E-state index contributed by atoms with van der Waals surface area (Å²) in [5, 5.41) is 0. The van der Waals surface area contributed by atoms with E-state index in [0.717, 1.165) is 52.0 Å². The number of piperazine rings is 1. The van der Waals surface area contributed by atoms with E-state index in [0.29, 0.717) is 0 Å². The molecule has 1 heterocycles. The molecule has 2 fully saturated rings. The molecule has 2 aliphatic rings. The molecule has 0 N–H and O–H groups in total. The van der Waals surface area contributed by atoms with Crippen molar-refractivity contribution in [3.8, 4) is 0 Å². The Hall–Kier alpha value is -1.10. The highest BCUT2D eigenvalue weighted by molar-refractivity contribution is 5.78. The Morgan fingerprint density at radius 2 is 1.78 bits per heavy atom. The van der Waals surface area contributed by atoms with Crippen LogP contribution >= 0.6 is 0 Å². The van der Waals surface area contributed by atoms with Gasteiger partial charge in [-0.25, -0.2) is 0 Å². The number of esters is 1. The third kappa shape index (κ3) is 2.51. The summed E-state index contributed by atoms with van der Waals surface area (Å²) in [6.07, 6.45) is 2.99. The summed E-state index contributed by atoms with van der Waals surface area (Å²) in [5.41, 5.74) is -0.271. The molecule has 0 aromatic rings. The van der Waals surface area contributed by atoms with Gasteiger partial charge < -0.3 is 9.64 Å². The lowest BCUT2D eigenvalue weighted by Crippen LogP contribution is -2.54. The van der Waals surface area contributed by atoms with E-state index in [2.05, 4.69) is 4.90 Å². The molecule has 1 saturated heterocycles. The van der Waals surface area contributed by atoms with Gasteiger partial charge in [-0.2, -0.15) is 0 Å². The van der Waals surface area contributed by atoms with Crippen LogP contribution in [0.3, 0.4) is 0 Å². The summed E-state index contributed by atoms with van der Waals surface area (Å²) >= 11 is 0. The number of rotatable bonds is 3. The largest absolute Gasteiger partial charge is 0.469 e. The van der Waals surface area contributed by atoms with Crippen LogP contribution in [0, 0.1) is 5.41 Å². The first-order valence-corrected chi connectivity index (χ1v) is 6.64. The van der Waals surface area contributed by atoms with E-state index in [-0.39, 0.29) is 17.3 Å². The highest BCUT2D eigenvalue weighted by Crippen LogP contribution is 2.42. The van der Waals surface area contributed by atoms with Gasteiger partial charge in [0.15, 0.2) is 0 Å².